The molecule has 0 fully saturated rings. The van der Waals surface area contributed by atoms with E-state index >= 15 is 0 Å². The molecule has 0 saturated carbocycles. The van der Waals surface area contributed by atoms with E-state index in [2.05, 4.69) is 9.72 Å². The van der Waals surface area contributed by atoms with Crippen molar-refractivity contribution in [3.63, 3.8) is 0 Å². The number of nitrogens with zero attached hydrogens (tertiary/aromatic N) is 1. The van der Waals surface area contributed by atoms with Crippen molar-refractivity contribution in [2.24, 2.45) is 0 Å². The molecule has 0 aromatic carbocycles. The van der Waals surface area contributed by atoms with E-state index in [9.17, 15) is 13.2 Å². The fraction of sp³-hybridized carbons (Fsp3) is 0.167. The topological polar surface area (TPSA) is 22.1 Å². The minimum atomic E-state index is -4.72. The van der Waals surface area contributed by atoms with E-state index < -0.39 is 12.2 Å². The van der Waals surface area contributed by atoms with Crippen LogP contribution in [0, 0.1) is 3.57 Å². The van der Waals surface area contributed by atoms with Crippen LogP contribution in [0.1, 0.15) is 0 Å². The minimum absolute atomic E-state index is 0.287. The molecule has 7 heteroatoms. The number of pyridine rings is 1. The molecule has 0 spiro atoms. The van der Waals surface area contributed by atoms with E-state index in [-0.39, 0.29) is 5.02 Å². The maximum absolute atomic E-state index is 11.7. The van der Waals surface area contributed by atoms with Gasteiger partial charge in [-0.2, -0.15) is 0 Å². The van der Waals surface area contributed by atoms with E-state index in [4.69, 9.17) is 11.6 Å². The van der Waals surface area contributed by atoms with Gasteiger partial charge in [0.1, 0.15) is 0 Å². The second-order valence-corrected chi connectivity index (χ2v) is 3.55. The van der Waals surface area contributed by atoms with Crippen LogP contribution in [0.15, 0.2) is 12.3 Å². The van der Waals surface area contributed by atoms with Crippen molar-refractivity contribution in [1.82, 2.24) is 4.98 Å². The molecule has 0 N–H and O–H groups in total. The van der Waals surface area contributed by atoms with Crippen LogP contribution >= 0.6 is 34.2 Å². The van der Waals surface area contributed by atoms with Crippen molar-refractivity contribution < 1.29 is 17.9 Å². The maximum Gasteiger partial charge on any atom is 0.574 e. The quantitative estimate of drug-likeness (QED) is 0.740. The van der Waals surface area contributed by atoms with Gasteiger partial charge in [0.2, 0.25) is 5.88 Å². The molecule has 2 nitrogen and oxygen atoms in total. The molecule has 0 amide bonds. The van der Waals surface area contributed by atoms with E-state index in [0.717, 1.165) is 12.3 Å². The van der Waals surface area contributed by atoms with Crippen LogP contribution in [0.2, 0.25) is 5.02 Å². The molecule has 72 valence electrons. The Hall–Kier alpha value is -0.240. The lowest BCUT2D eigenvalue weighted by atomic mass is 10.5. The summed E-state index contributed by atoms with van der Waals surface area (Å²) < 4.78 is 39.0. The molecule has 13 heavy (non-hydrogen) atoms. The Bertz CT molecular complexity index is 317. The summed E-state index contributed by atoms with van der Waals surface area (Å²) in [7, 11) is 0. The summed E-state index contributed by atoms with van der Waals surface area (Å²) in [5, 5.41) is 0.287. The molecule has 0 aliphatic carbocycles. The molecule has 1 heterocycles. The molecule has 0 aliphatic rings. The molecule has 0 saturated heterocycles. The highest BCUT2D eigenvalue weighted by atomic mass is 127. The Morgan fingerprint density at radius 1 is 1.46 bits per heavy atom. The monoisotopic (exact) mass is 323 g/mol. The summed E-state index contributed by atoms with van der Waals surface area (Å²) >= 11 is 7.33. The van der Waals surface area contributed by atoms with Crippen LogP contribution in [0.25, 0.3) is 0 Å². The Morgan fingerprint density at radius 2 is 2.08 bits per heavy atom. The molecule has 1 aromatic rings. The van der Waals surface area contributed by atoms with E-state index in [0.29, 0.717) is 3.57 Å². The molecule has 0 bridgehead atoms. The smallest absolute Gasteiger partial charge is 0.388 e. The average molecular weight is 323 g/mol. The van der Waals surface area contributed by atoms with Gasteiger partial charge in [0.25, 0.3) is 0 Å². The normalized spacial score (nSPS) is 11.5. The lowest BCUT2D eigenvalue weighted by Crippen LogP contribution is -2.17. The van der Waals surface area contributed by atoms with Gasteiger partial charge < -0.3 is 4.74 Å². The van der Waals surface area contributed by atoms with Gasteiger partial charge in [-0.1, -0.05) is 11.6 Å². The number of rotatable bonds is 1. The number of aromatic nitrogens is 1. The van der Waals surface area contributed by atoms with Crippen molar-refractivity contribution in [2.45, 2.75) is 6.36 Å². The van der Waals surface area contributed by atoms with E-state index in [1.165, 1.54) is 0 Å². The van der Waals surface area contributed by atoms with Crippen molar-refractivity contribution in [3.8, 4) is 5.88 Å². The predicted octanol–water partition coefficient (Wildman–Crippen LogP) is 3.24. The molecule has 0 unspecified atom stereocenters. The summed E-state index contributed by atoms with van der Waals surface area (Å²) in [6.45, 7) is 0. The number of halogens is 5. The highest BCUT2D eigenvalue weighted by Gasteiger charge is 2.31. The Morgan fingerprint density at radius 3 is 2.54 bits per heavy atom. The summed E-state index contributed by atoms with van der Waals surface area (Å²) in [5.74, 6) is -0.513. The molecule has 1 aromatic heterocycles. The standard InChI is InChI=1S/C6H2ClF3INO/c7-3-2-12-5(1-4(3)11)13-6(8,9)10/h1-2H. The van der Waals surface area contributed by atoms with Crippen molar-refractivity contribution >= 4 is 34.2 Å². The minimum Gasteiger partial charge on any atom is -0.388 e. The molecule has 1 rings (SSSR count). The molecular formula is C6H2ClF3INO. The average Bonchev–Trinajstić information content (AvgIpc) is 1.94. The lowest BCUT2D eigenvalue weighted by Gasteiger charge is -2.07. The molecule has 0 aliphatic heterocycles. The SMILES string of the molecule is FC(F)(F)Oc1cc(I)c(Cl)cn1. The Balaban J connectivity index is 2.86. The summed E-state index contributed by atoms with van der Waals surface area (Å²) in [5.41, 5.74) is 0. The largest absolute Gasteiger partial charge is 0.574 e. The number of ether oxygens (including phenoxy) is 1. The van der Waals surface area contributed by atoms with Gasteiger partial charge >= 0.3 is 6.36 Å². The van der Waals surface area contributed by atoms with E-state index in [1.54, 1.807) is 22.6 Å². The van der Waals surface area contributed by atoms with Crippen LogP contribution in [0.5, 0.6) is 5.88 Å². The van der Waals surface area contributed by atoms with Crippen LogP contribution in [0.3, 0.4) is 0 Å². The number of alkyl halides is 3. The first-order valence-electron chi connectivity index (χ1n) is 2.95. The zero-order valence-corrected chi connectivity index (χ0v) is 8.81. The third kappa shape index (κ3) is 3.55. The van der Waals surface area contributed by atoms with Crippen molar-refractivity contribution in [2.75, 3.05) is 0 Å². The molecule has 0 radical (unpaired) electrons. The van der Waals surface area contributed by atoms with Gasteiger partial charge in [0.05, 0.1) is 11.2 Å². The first-order valence-corrected chi connectivity index (χ1v) is 4.41. The first-order chi connectivity index (χ1) is 5.88. The fourth-order valence-corrected chi connectivity index (χ4v) is 1.08. The Kier molecular flexibility index (Phi) is 3.23. The van der Waals surface area contributed by atoms with Gasteiger partial charge in [-0.15, -0.1) is 13.2 Å². The van der Waals surface area contributed by atoms with Gasteiger partial charge in [-0.25, -0.2) is 4.98 Å². The van der Waals surface area contributed by atoms with Crippen LogP contribution < -0.4 is 4.74 Å². The number of hydrogen-bond donors (Lipinski definition) is 0. The molecular weight excluding hydrogens is 321 g/mol. The molecule has 0 atom stereocenters. The van der Waals surface area contributed by atoms with Crippen molar-refractivity contribution in [3.05, 3.63) is 20.9 Å². The van der Waals surface area contributed by atoms with Gasteiger partial charge in [0.15, 0.2) is 0 Å². The third-order valence-electron chi connectivity index (χ3n) is 1.00. The first kappa shape index (κ1) is 10.8. The summed E-state index contributed by atoms with van der Waals surface area (Å²) in [4.78, 5) is 3.35. The highest BCUT2D eigenvalue weighted by molar-refractivity contribution is 14.1. The van der Waals surface area contributed by atoms with Crippen LogP contribution in [0.4, 0.5) is 13.2 Å². The van der Waals surface area contributed by atoms with Crippen molar-refractivity contribution in [1.29, 1.82) is 0 Å². The Labute approximate surface area is 90.2 Å². The van der Waals surface area contributed by atoms with Gasteiger partial charge in [-0.05, 0) is 22.6 Å². The lowest BCUT2D eigenvalue weighted by molar-refractivity contribution is -0.276. The number of hydrogen-bond acceptors (Lipinski definition) is 2. The zero-order valence-electron chi connectivity index (χ0n) is 5.90. The van der Waals surface area contributed by atoms with Crippen LogP contribution in [-0.2, 0) is 0 Å². The second kappa shape index (κ2) is 3.87. The van der Waals surface area contributed by atoms with Gasteiger partial charge in [-0.3, -0.25) is 0 Å². The fourth-order valence-electron chi connectivity index (χ4n) is 0.571. The summed E-state index contributed by atoms with van der Waals surface area (Å²) in [6.07, 6.45) is -3.62. The zero-order chi connectivity index (χ0) is 10.1. The predicted molar refractivity (Wildman–Crippen MR) is 48.6 cm³/mol. The van der Waals surface area contributed by atoms with E-state index in [1.807, 2.05) is 0 Å². The second-order valence-electron chi connectivity index (χ2n) is 1.98. The third-order valence-corrected chi connectivity index (χ3v) is 2.52. The summed E-state index contributed by atoms with van der Waals surface area (Å²) in [6, 6.07) is 1.11. The van der Waals surface area contributed by atoms with Gasteiger partial charge in [0, 0.05) is 9.64 Å². The van der Waals surface area contributed by atoms with Crippen LogP contribution in [-0.4, -0.2) is 11.3 Å². The highest BCUT2D eigenvalue weighted by Crippen LogP contribution is 2.25. The maximum atomic E-state index is 11.7.